The maximum absolute atomic E-state index is 12.3. The van der Waals surface area contributed by atoms with Crippen LogP contribution in [0.3, 0.4) is 0 Å². The van der Waals surface area contributed by atoms with E-state index in [4.69, 9.17) is 19.9 Å². The van der Waals surface area contributed by atoms with Crippen molar-refractivity contribution in [1.82, 2.24) is 5.32 Å². The topological polar surface area (TPSA) is 82.8 Å². The molecule has 1 rings (SSSR count). The molecule has 0 aliphatic rings. The van der Waals surface area contributed by atoms with Crippen LogP contribution >= 0.6 is 12.4 Å². The Hall–Kier alpha value is -1.66. The molecule has 1 aromatic rings. The predicted molar refractivity (Wildman–Crippen MR) is 97.4 cm³/mol. The molecule has 138 valence electrons. The molecule has 0 atom stereocenters. The second-order valence-corrected chi connectivity index (χ2v) is 5.34. The van der Waals surface area contributed by atoms with Crippen LogP contribution in [-0.4, -0.2) is 39.8 Å². The first-order chi connectivity index (χ1) is 11.0. The quantitative estimate of drug-likeness (QED) is 0.626. The highest BCUT2D eigenvalue weighted by Gasteiger charge is 2.32. The van der Waals surface area contributed by atoms with Gasteiger partial charge in [-0.1, -0.05) is 13.8 Å². The monoisotopic (exact) mass is 360 g/mol. The molecule has 0 saturated heterocycles. The average molecular weight is 361 g/mol. The Labute approximate surface area is 150 Å². The number of carbonyl (C=O) groups excluding carboxylic acids is 1. The first kappa shape index (κ1) is 22.3. The van der Waals surface area contributed by atoms with Gasteiger partial charge in [0.1, 0.15) is 23.9 Å². The highest BCUT2D eigenvalue weighted by molar-refractivity contribution is 5.85. The minimum absolute atomic E-state index is 0. The van der Waals surface area contributed by atoms with Crippen LogP contribution in [0.1, 0.15) is 26.7 Å². The Balaban J connectivity index is 0.00000529. The number of nitrogens with one attached hydrogen (secondary N) is 1. The third-order valence-electron chi connectivity index (χ3n) is 4.21. The van der Waals surface area contributed by atoms with E-state index in [1.807, 2.05) is 13.8 Å². The smallest absolute Gasteiger partial charge is 0.227 e. The standard InChI is InChI=1S/C17H28N2O4.ClH/c1-5-17(6-2,12-18)16(20)19-7-8-23-15-10-13(21-3)9-14(11-15)22-4;/h9-11H,5-8,12,18H2,1-4H3,(H,19,20);1H. The van der Waals surface area contributed by atoms with E-state index in [9.17, 15) is 4.79 Å². The van der Waals surface area contributed by atoms with E-state index in [0.29, 0.717) is 36.9 Å². The molecule has 0 saturated carbocycles. The summed E-state index contributed by atoms with van der Waals surface area (Å²) in [5.74, 6) is 1.92. The second-order valence-electron chi connectivity index (χ2n) is 5.34. The van der Waals surface area contributed by atoms with Crippen LogP contribution in [0.5, 0.6) is 17.2 Å². The number of amides is 1. The van der Waals surface area contributed by atoms with Gasteiger partial charge in [-0.25, -0.2) is 0 Å². The van der Waals surface area contributed by atoms with Gasteiger partial charge in [0.15, 0.2) is 0 Å². The molecule has 0 aliphatic carbocycles. The van der Waals surface area contributed by atoms with Gasteiger partial charge in [0.05, 0.1) is 26.2 Å². The Morgan fingerprint density at radius 1 is 1.08 bits per heavy atom. The van der Waals surface area contributed by atoms with Crippen molar-refractivity contribution in [2.45, 2.75) is 26.7 Å². The molecule has 3 N–H and O–H groups in total. The second kappa shape index (κ2) is 11.0. The zero-order valence-corrected chi connectivity index (χ0v) is 15.7. The lowest BCUT2D eigenvalue weighted by molar-refractivity contribution is -0.131. The summed E-state index contributed by atoms with van der Waals surface area (Å²) in [7, 11) is 3.17. The third kappa shape index (κ3) is 5.76. The van der Waals surface area contributed by atoms with Gasteiger partial charge in [0.25, 0.3) is 0 Å². The number of hydrogen-bond donors (Lipinski definition) is 2. The number of ether oxygens (including phenoxy) is 3. The maximum Gasteiger partial charge on any atom is 0.227 e. The van der Waals surface area contributed by atoms with Crippen LogP contribution in [0.2, 0.25) is 0 Å². The van der Waals surface area contributed by atoms with Gasteiger partial charge in [-0.05, 0) is 12.8 Å². The van der Waals surface area contributed by atoms with Crippen molar-refractivity contribution in [3.05, 3.63) is 18.2 Å². The van der Waals surface area contributed by atoms with E-state index < -0.39 is 5.41 Å². The number of rotatable bonds is 10. The molecule has 7 heteroatoms. The van der Waals surface area contributed by atoms with Crippen LogP contribution in [0.25, 0.3) is 0 Å². The molecule has 0 bridgehead atoms. The number of hydrogen-bond acceptors (Lipinski definition) is 5. The first-order valence-electron chi connectivity index (χ1n) is 7.89. The van der Waals surface area contributed by atoms with E-state index in [1.165, 1.54) is 0 Å². The van der Waals surface area contributed by atoms with Crippen molar-refractivity contribution in [2.75, 3.05) is 33.9 Å². The van der Waals surface area contributed by atoms with Gasteiger partial charge in [-0.3, -0.25) is 4.79 Å². The lowest BCUT2D eigenvalue weighted by Crippen LogP contribution is -2.46. The van der Waals surface area contributed by atoms with Gasteiger partial charge >= 0.3 is 0 Å². The fourth-order valence-electron chi connectivity index (χ4n) is 2.34. The zero-order valence-electron chi connectivity index (χ0n) is 14.9. The van der Waals surface area contributed by atoms with E-state index in [-0.39, 0.29) is 18.3 Å². The van der Waals surface area contributed by atoms with Gasteiger partial charge in [-0.15, -0.1) is 12.4 Å². The molecule has 0 fully saturated rings. The number of methoxy groups -OCH3 is 2. The molecule has 0 radical (unpaired) electrons. The number of benzene rings is 1. The summed E-state index contributed by atoms with van der Waals surface area (Å²) in [6.07, 6.45) is 1.44. The molecular weight excluding hydrogens is 332 g/mol. The molecule has 0 heterocycles. The molecule has 0 unspecified atom stereocenters. The molecule has 24 heavy (non-hydrogen) atoms. The maximum atomic E-state index is 12.3. The molecule has 0 aromatic heterocycles. The van der Waals surface area contributed by atoms with Crippen LogP contribution in [0.4, 0.5) is 0 Å². The molecule has 1 aromatic carbocycles. The van der Waals surface area contributed by atoms with Crippen molar-refractivity contribution in [1.29, 1.82) is 0 Å². The summed E-state index contributed by atoms with van der Waals surface area (Å²) in [4.78, 5) is 12.3. The highest BCUT2D eigenvalue weighted by atomic mass is 35.5. The number of carbonyl (C=O) groups is 1. The van der Waals surface area contributed by atoms with Gasteiger partial charge in [0.2, 0.25) is 5.91 Å². The van der Waals surface area contributed by atoms with Crippen molar-refractivity contribution in [3.63, 3.8) is 0 Å². The van der Waals surface area contributed by atoms with E-state index in [1.54, 1.807) is 32.4 Å². The largest absolute Gasteiger partial charge is 0.496 e. The SMILES string of the molecule is CCC(CC)(CN)C(=O)NCCOc1cc(OC)cc(OC)c1.Cl. The summed E-state index contributed by atoms with van der Waals surface area (Å²) in [5.41, 5.74) is 5.28. The minimum atomic E-state index is -0.487. The van der Waals surface area contributed by atoms with E-state index >= 15 is 0 Å². The summed E-state index contributed by atoms with van der Waals surface area (Å²) >= 11 is 0. The first-order valence-corrected chi connectivity index (χ1v) is 7.89. The van der Waals surface area contributed by atoms with Crippen LogP contribution in [0, 0.1) is 5.41 Å². The Morgan fingerprint density at radius 2 is 1.58 bits per heavy atom. The number of nitrogens with two attached hydrogens (primary N) is 1. The zero-order chi connectivity index (χ0) is 17.3. The summed E-state index contributed by atoms with van der Waals surface area (Å²) in [6.45, 7) is 5.08. The molecule has 6 nitrogen and oxygen atoms in total. The molecular formula is C17H29ClN2O4. The van der Waals surface area contributed by atoms with Gasteiger partial charge in [0, 0.05) is 24.7 Å². The van der Waals surface area contributed by atoms with Crippen molar-refractivity contribution in [2.24, 2.45) is 11.1 Å². The number of halogens is 1. The third-order valence-corrected chi connectivity index (χ3v) is 4.21. The normalized spacial score (nSPS) is 10.5. The summed E-state index contributed by atoms with van der Waals surface area (Å²) in [5, 5.41) is 2.90. The summed E-state index contributed by atoms with van der Waals surface area (Å²) in [6, 6.07) is 5.31. The lowest BCUT2D eigenvalue weighted by Gasteiger charge is -2.28. The van der Waals surface area contributed by atoms with Gasteiger partial charge < -0.3 is 25.3 Å². The highest BCUT2D eigenvalue weighted by Crippen LogP contribution is 2.27. The Morgan fingerprint density at radius 3 is 2.00 bits per heavy atom. The summed E-state index contributed by atoms with van der Waals surface area (Å²) < 4.78 is 16.0. The Kier molecular flexibility index (Phi) is 10.2. The van der Waals surface area contributed by atoms with Crippen molar-refractivity contribution < 1.29 is 19.0 Å². The fourth-order valence-corrected chi connectivity index (χ4v) is 2.34. The van der Waals surface area contributed by atoms with E-state index in [2.05, 4.69) is 5.32 Å². The lowest BCUT2D eigenvalue weighted by atomic mass is 9.81. The average Bonchev–Trinajstić information content (AvgIpc) is 2.60. The molecule has 0 spiro atoms. The predicted octanol–water partition coefficient (Wildman–Crippen LogP) is 2.39. The van der Waals surface area contributed by atoms with Crippen molar-refractivity contribution in [3.8, 4) is 17.2 Å². The molecule has 1 amide bonds. The van der Waals surface area contributed by atoms with Crippen LogP contribution in [0.15, 0.2) is 18.2 Å². The van der Waals surface area contributed by atoms with Crippen molar-refractivity contribution >= 4 is 18.3 Å². The van der Waals surface area contributed by atoms with E-state index in [0.717, 1.165) is 12.8 Å². The van der Waals surface area contributed by atoms with Crippen LogP contribution < -0.4 is 25.3 Å². The minimum Gasteiger partial charge on any atom is -0.496 e. The Bertz CT molecular complexity index is 477. The molecule has 0 aliphatic heterocycles. The van der Waals surface area contributed by atoms with Gasteiger partial charge in [-0.2, -0.15) is 0 Å². The fraction of sp³-hybridized carbons (Fsp3) is 0.588. The van der Waals surface area contributed by atoms with Crippen LogP contribution in [-0.2, 0) is 4.79 Å².